The van der Waals surface area contributed by atoms with Gasteiger partial charge in [-0.1, -0.05) is 24.3 Å². The molecule has 2 heterocycles. The number of ether oxygens (including phenoxy) is 2. The van der Waals surface area contributed by atoms with Gasteiger partial charge in [-0.25, -0.2) is 0 Å². The van der Waals surface area contributed by atoms with Gasteiger partial charge in [-0.2, -0.15) is 0 Å². The molecule has 2 aliphatic heterocycles. The lowest BCUT2D eigenvalue weighted by molar-refractivity contribution is -0.194. The zero-order chi connectivity index (χ0) is 14.0. The first-order valence-corrected chi connectivity index (χ1v) is 7.49. The van der Waals surface area contributed by atoms with Gasteiger partial charge in [0, 0.05) is 39.0 Å². The highest BCUT2D eigenvalue weighted by molar-refractivity contribution is 5.25. The van der Waals surface area contributed by atoms with Crippen molar-refractivity contribution in [3.05, 3.63) is 35.4 Å². The average Bonchev–Trinajstić information content (AvgIpc) is 2.87. The van der Waals surface area contributed by atoms with Crippen LogP contribution in [0, 0.1) is 6.92 Å². The number of benzene rings is 1. The molecule has 1 atom stereocenters. The Labute approximate surface area is 120 Å². The van der Waals surface area contributed by atoms with Gasteiger partial charge in [0.2, 0.25) is 0 Å². The summed E-state index contributed by atoms with van der Waals surface area (Å²) in [5, 5.41) is 0. The van der Waals surface area contributed by atoms with Gasteiger partial charge < -0.3 is 15.2 Å². The van der Waals surface area contributed by atoms with Crippen LogP contribution in [0.2, 0.25) is 0 Å². The maximum Gasteiger partial charge on any atom is 0.171 e. The van der Waals surface area contributed by atoms with Crippen LogP contribution in [0.15, 0.2) is 24.3 Å². The molecule has 0 bridgehead atoms. The Hall–Kier alpha value is -0.940. The molecule has 2 saturated heterocycles. The van der Waals surface area contributed by atoms with Crippen molar-refractivity contribution in [1.29, 1.82) is 0 Å². The minimum atomic E-state index is -0.355. The fourth-order valence-corrected chi connectivity index (χ4v) is 3.08. The van der Waals surface area contributed by atoms with Crippen LogP contribution < -0.4 is 5.73 Å². The van der Waals surface area contributed by atoms with E-state index in [0.717, 1.165) is 32.5 Å². The van der Waals surface area contributed by atoms with Crippen molar-refractivity contribution in [2.24, 2.45) is 5.73 Å². The molecule has 1 aromatic carbocycles. The molecule has 110 valence electrons. The summed E-state index contributed by atoms with van der Waals surface area (Å²) in [6, 6.07) is 8.60. The first-order chi connectivity index (χ1) is 9.71. The fourth-order valence-electron chi connectivity index (χ4n) is 3.08. The fraction of sp³-hybridized carbons (Fsp3) is 0.625. The monoisotopic (exact) mass is 276 g/mol. The van der Waals surface area contributed by atoms with Gasteiger partial charge in [0.05, 0.1) is 12.7 Å². The van der Waals surface area contributed by atoms with Gasteiger partial charge >= 0.3 is 0 Å². The number of nitrogens with two attached hydrogens (primary N) is 1. The molecule has 1 aromatic rings. The number of rotatable bonds is 3. The van der Waals surface area contributed by atoms with Crippen LogP contribution in [-0.4, -0.2) is 43.0 Å². The highest BCUT2D eigenvalue weighted by atomic mass is 16.7. The van der Waals surface area contributed by atoms with Gasteiger partial charge in [0.1, 0.15) is 0 Å². The number of likely N-dealkylation sites (tertiary alicyclic amines) is 1. The van der Waals surface area contributed by atoms with Crippen molar-refractivity contribution in [2.45, 2.75) is 38.2 Å². The minimum absolute atomic E-state index is 0.0814. The second-order valence-corrected chi connectivity index (χ2v) is 5.90. The number of nitrogens with zero attached hydrogens (tertiary/aromatic N) is 1. The van der Waals surface area contributed by atoms with Crippen molar-refractivity contribution in [3.63, 3.8) is 0 Å². The number of hydrogen-bond acceptors (Lipinski definition) is 4. The van der Waals surface area contributed by atoms with Gasteiger partial charge in [-0.15, -0.1) is 0 Å². The molecule has 20 heavy (non-hydrogen) atoms. The lowest BCUT2D eigenvalue weighted by atomic mass is 10.0. The van der Waals surface area contributed by atoms with E-state index in [9.17, 15) is 0 Å². The first kappa shape index (κ1) is 14.0. The predicted molar refractivity (Wildman–Crippen MR) is 78.3 cm³/mol. The van der Waals surface area contributed by atoms with Crippen molar-refractivity contribution >= 4 is 0 Å². The van der Waals surface area contributed by atoms with E-state index in [1.807, 2.05) is 0 Å². The summed E-state index contributed by atoms with van der Waals surface area (Å²) >= 11 is 0. The van der Waals surface area contributed by atoms with E-state index >= 15 is 0 Å². The normalized spacial score (nSPS) is 26.2. The van der Waals surface area contributed by atoms with Crippen LogP contribution in [0.3, 0.4) is 0 Å². The van der Waals surface area contributed by atoms with Crippen LogP contribution in [0.1, 0.15) is 24.0 Å². The van der Waals surface area contributed by atoms with Crippen LogP contribution in [0.25, 0.3) is 0 Å². The number of aryl methyl sites for hydroxylation is 1. The van der Waals surface area contributed by atoms with Crippen LogP contribution >= 0.6 is 0 Å². The van der Waals surface area contributed by atoms with Gasteiger partial charge in [-0.3, -0.25) is 4.90 Å². The Morgan fingerprint density at radius 2 is 2.05 bits per heavy atom. The summed E-state index contributed by atoms with van der Waals surface area (Å²) < 4.78 is 11.9. The lowest BCUT2D eigenvalue weighted by Gasteiger charge is -2.38. The van der Waals surface area contributed by atoms with E-state index in [1.165, 1.54) is 11.1 Å². The number of hydrogen-bond donors (Lipinski definition) is 1. The van der Waals surface area contributed by atoms with Crippen LogP contribution in [-0.2, 0) is 16.0 Å². The molecule has 3 rings (SSSR count). The Balaban J connectivity index is 1.56. The second kappa shape index (κ2) is 5.82. The molecular weight excluding hydrogens is 252 g/mol. The van der Waals surface area contributed by atoms with E-state index in [4.69, 9.17) is 15.2 Å². The second-order valence-electron chi connectivity index (χ2n) is 5.90. The molecule has 2 fully saturated rings. The van der Waals surface area contributed by atoms with E-state index in [1.54, 1.807) is 0 Å². The maximum atomic E-state index is 5.99. The molecule has 2 aliphatic rings. The number of piperidine rings is 1. The molecule has 0 aromatic heterocycles. The molecular formula is C16H24N2O2. The van der Waals surface area contributed by atoms with Crippen molar-refractivity contribution in [2.75, 3.05) is 26.2 Å². The summed E-state index contributed by atoms with van der Waals surface area (Å²) in [5.41, 5.74) is 8.43. The summed E-state index contributed by atoms with van der Waals surface area (Å²) in [5.74, 6) is -0.355. The van der Waals surface area contributed by atoms with E-state index in [-0.39, 0.29) is 11.9 Å². The third kappa shape index (κ3) is 2.88. The van der Waals surface area contributed by atoms with Crippen molar-refractivity contribution in [3.8, 4) is 0 Å². The van der Waals surface area contributed by atoms with E-state index < -0.39 is 0 Å². The Morgan fingerprint density at radius 3 is 2.70 bits per heavy atom. The first-order valence-electron chi connectivity index (χ1n) is 7.49. The van der Waals surface area contributed by atoms with Crippen LogP contribution in [0.4, 0.5) is 0 Å². The van der Waals surface area contributed by atoms with E-state index in [2.05, 4.69) is 36.1 Å². The molecule has 4 nitrogen and oxygen atoms in total. The average molecular weight is 276 g/mol. The Bertz CT molecular complexity index is 456. The maximum absolute atomic E-state index is 5.99. The summed E-state index contributed by atoms with van der Waals surface area (Å²) in [4.78, 5) is 2.48. The molecule has 0 saturated carbocycles. The molecule has 1 unspecified atom stereocenters. The highest BCUT2D eigenvalue weighted by Crippen LogP contribution is 2.34. The lowest BCUT2D eigenvalue weighted by Crippen LogP contribution is -2.45. The largest absolute Gasteiger partial charge is 0.347 e. The zero-order valence-electron chi connectivity index (χ0n) is 12.2. The molecule has 0 radical (unpaired) electrons. The summed E-state index contributed by atoms with van der Waals surface area (Å²) in [6.45, 7) is 6.43. The Morgan fingerprint density at radius 1 is 1.30 bits per heavy atom. The SMILES string of the molecule is Cc1ccccc1CN1CCC2(CC1)OCC(CN)O2. The molecule has 4 heteroatoms. The molecule has 0 amide bonds. The van der Waals surface area contributed by atoms with Gasteiger partial charge in [-0.05, 0) is 18.1 Å². The van der Waals surface area contributed by atoms with Gasteiger partial charge in [0.15, 0.2) is 5.79 Å². The molecule has 1 spiro atoms. The predicted octanol–water partition coefficient (Wildman–Crippen LogP) is 1.66. The molecule has 2 N–H and O–H groups in total. The van der Waals surface area contributed by atoms with E-state index in [0.29, 0.717) is 13.2 Å². The highest BCUT2D eigenvalue weighted by Gasteiger charge is 2.43. The zero-order valence-corrected chi connectivity index (χ0v) is 12.2. The Kier molecular flexibility index (Phi) is 4.08. The minimum Gasteiger partial charge on any atom is -0.347 e. The smallest absolute Gasteiger partial charge is 0.171 e. The van der Waals surface area contributed by atoms with Gasteiger partial charge in [0.25, 0.3) is 0 Å². The van der Waals surface area contributed by atoms with Crippen molar-refractivity contribution < 1.29 is 9.47 Å². The standard InChI is InChI=1S/C16H24N2O2/c1-13-4-2-3-5-14(13)11-18-8-6-16(7-9-18)19-12-15(10-17)20-16/h2-5,15H,6-12,17H2,1H3. The van der Waals surface area contributed by atoms with Crippen molar-refractivity contribution in [1.82, 2.24) is 4.90 Å². The van der Waals surface area contributed by atoms with Crippen LogP contribution in [0.5, 0.6) is 0 Å². The third-order valence-corrected chi connectivity index (χ3v) is 4.45. The summed E-state index contributed by atoms with van der Waals surface area (Å²) in [7, 11) is 0. The summed E-state index contributed by atoms with van der Waals surface area (Å²) in [6.07, 6.45) is 1.96. The molecule has 0 aliphatic carbocycles. The quantitative estimate of drug-likeness (QED) is 0.912. The third-order valence-electron chi connectivity index (χ3n) is 4.45. The topological polar surface area (TPSA) is 47.7 Å².